The zero-order chi connectivity index (χ0) is 27.4. The molecule has 0 aliphatic carbocycles. The molecule has 4 N–H and O–H groups in total. The molecular formula is C26H38N2O8. The number of hydrogen-bond acceptors (Lipinski definition) is 8. The van der Waals surface area contributed by atoms with Crippen LogP contribution in [0.25, 0.3) is 0 Å². The first-order chi connectivity index (χ1) is 16.9. The van der Waals surface area contributed by atoms with E-state index in [2.05, 4.69) is 24.5 Å². The van der Waals surface area contributed by atoms with E-state index < -0.39 is 6.10 Å². The van der Waals surface area contributed by atoms with Gasteiger partial charge in [0.15, 0.2) is 0 Å². The van der Waals surface area contributed by atoms with Crippen LogP contribution in [0.5, 0.6) is 23.0 Å². The second kappa shape index (κ2) is 14.8. The molecule has 2 amide bonds. The number of aliphatic hydroxyl groups is 1. The Morgan fingerprint density at radius 2 is 1.25 bits per heavy atom. The van der Waals surface area contributed by atoms with E-state index in [4.69, 9.17) is 18.9 Å². The average Bonchev–Trinajstić information content (AvgIpc) is 3.53. The summed E-state index contributed by atoms with van der Waals surface area (Å²) in [5.41, 5.74) is 0.823. The van der Waals surface area contributed by atoms with Crippen molar-refractivity contribution in [2.45, 2.75) is 52.1 Å². The summed E-state index contributed by atoms with van der Waals surface area (Å²) < 4.78 is 20.5. The third-order valence-electron chi connectivity index (χ3n) is 5.24. The number of carbonyl (C=O) groups excluding carboxylic acids is 2. The molecule has 2 aromatic carbocycles. The molecule has 0 bridgehead atoms. The van der Waals surface area contributed by atoms with Crippen LogP contribution in [-0.2, 0) is 4.74 Å². The Kier molecular flexibility index (Phi) is 12.5. The molecule has 36 heavy (non-hydrogen) atoms. The summed E-state index contributed by atoms with van der Waals surface area (Å²) in [7, 11) is 6.08. The number of phenols is 1. The number of nitrogens with one attached hydrogen (secondary N) is 2. The van der Waals surface area contributed by atoms with Gasteiger partial charge in [0.2, 0.25) is 0 Å². The molecular weight excluding hydrogens is 468 g/mol. The maximum Gasteiger partial charge on any atom is 0.251 e. The van der Waals surface area contributed by atoms with E-state index in [1.54, 1.807) is 45.2 Å². The van der Waals surface area contributed by atoms with Gasteiger partial charge in [-0.25, -0.2) is 0 Å². The largest absolute Gasteiger partial charge is 0.508 e. The highest BCUT2D eigenvalue weighted by molar-refractivity contribution is 5.95. The van der Waals surface area contributed by atoms with Crippen molar-refractivity contribution in [1.82, 2.24) is 10.6 Å². The van der Waals surface area contributed by atoms with Crippen molar-refractivity contribution in [3.8, 4) is 23.0 Å². The molecule has 2 aromatic rings. The molecule has 10 heteroatoms. The summed E-state index contributed by atoms with van der Waals surface area (Å²) in [6.45, 7) is 7.55. The van der Waals surface area contributed by atoms with E-state index in [0.717, 1.165) is 0 Å². The molecule has 1 saturated heterocycles. The minimum atomic E-state index is -0.598. The van der Waals surface area contributed by atoms with Gasteiger partial charge in [-0.15, -0.1) is 0 Å². The van der Waals surface area contributed by atoms with Crippen molar-refractivity contribution in [2.75, 3.05) is 28.3 Å². The van der Waals surface area contributed by atoms with Gasteiger partial charge in [-0.2, -0.15) is 0 Å². The zero-order valence-corrected chi connectivity index (χ0v) is 22.1. The highest BCUT2D eigenvalue weighted by Gasteiger charge is 2.27. The van der Waals surface area contributed by atoms with Gasteiger partial charge >= 0.3 is 0 Å². The average molecular weight is 507 g/mol. The van der Waals surface area contributed by atoms with Crippen molar-refractivity contribution in [3.05, 3.63) is 47.5 Å². The van der Waals surface area contributed by atoms with Crippen molar-refractivity contribution in [1.29, 1.82) is 0 Å². The van der Waals surface area contributed by atoms with Gasteiger partial charge in [-0.1, -0.05) is 0 Å². The fourth-order valence-corrected chi connectivity index (χ4v) is 2.62. The Labute approximate surface area is 212 Å². The van der Waals surface area contributed by atoms with E-state index in [0.29, 0.717) is 40.6 Å². The second-order valence-corrected chi connectivity index (χ2v) is 8.09. The van der Waals surface area contributed by atoms with Crippen LogP contribution in [0.3, 0.4) is 0 Å². The molecule has 1 aliphatic rings. The number of aromatic hydroxyl groups is 1. The third kappa shape index (κ3) is 10.4. The Morgan fingerprint density at radius 1 is 0.833 bits per heavy atom. The van der Waals surface area contributed by atoms with Gasteiger partial charge in [0, 0.05) is 37.4 Å². The Hall–Kier alpha value is -3.50. The quantitative estimate of drug-likeness (QED) is 0.421. The van der Waals surface area contributed by atoms with Crippen LogP contribution in [0.2, 0.25) is 0 Å². The number of ether oxygens (including phenoxy) is 4. The summed E-state index contributed by atoms with van der Waals surface area (Å²) in [6, 6.07) is 9.27. The summed E-state index contributed by atoms with van der Waals surface area (Å²) in [5, 5.41) is 23.6. The maximum atomic E-state index is 11.6. The number of carbonyl (C=O) groups is 2. The standard InChI is InChI=1S/C13H19NO4.C9H11NO3.C4H8O/c1-8(15)9(2)18-12-6-10(13(16)14-3)5-11(7-12)17-4;1-10-9(12)6-3-7(11)5-8(4-6)13-2;1-3-4(2)5-3/h5-9,15H,1-4H3,(H,14,16);3-5,11H,1-2H3,(H,10,12);3-4H,1-2H3/t8-,9-;;3-,4+/m0../s1. The Morgan fingerprint density at radius 3 is 1.64 bits per heavy atom. The van der Waals surface area contributed by atoms with Crippen LogP contribution in [0.4, 0.5) is 0 Å². The first-order valence-corrected chi connectivity index (χ1v) is 11.5. The molecule has 1 aliphatic heterocycles. The van der Waals surface area contributed by atoms with E-state index in [9.17, 15) is 19.8 Å². The predicted molar refractivity (Wildman–Crippen MR) is 136 cm³/mol. The molecule has 0 spiro atoms. The van der Waals surface area contributed by atoms with E-state index in [-0.39, 0.29) is 23.7 Å². The number of methoxy groups -OCH3 is 2. The molecule has 1 fully saturated rings. The molecule has 0 saturated carbocycles. The number of amides is 2. The number of hydrogen-bond donors (Lipinski definition) is 4. The highest BCUT2D eigenvalue weighted by Crippen LogP contribution is 2.24. The van der Waals surface area contributed by atoms with Crippen LogP contribution in [-0.4, -0.2) is 74.8 Å². The molecule has 3 rings (SSSR count). The van der Waals surface area contributed by atoms with Crippen molar-refractivity contribution < 1.29 is 38.7 Å². The number of phenolic OH excluding ortho intramolecular Hbond substituents is 1. The smallest absolute Gasteiger partial charge is 0.251 e. The lowest BCUT2D eigenvalue weighted by molar-refractivity contribution is 0.0602. The molecule has 0 aromatic heterocycles. The summed E-state index contributed by atoms with van der Waals surface area (Å²) in [5.74, 6) is 1.01. The van der Waals surface area contributed by atoms with Crippen molar-refractivity contribution in [3.63, 3.8) is 0 Å². The van der Waals surface area contributed by atoms with Crippen molar-refractivity contribution in [2.24, 2.45) is 0 Å². The SMILES string of the molecule is CNC(=O)c1cc(O)cc(OC)c1.CNC(=O)c1cc(OC)cc(O[C@@H](C)[C@H](C)O)c1.C[C@@H]1O[C@@H]1C. The van der Waals surface area contributed by atoms with Gasteiger partial charge in [0.05, 0.1) is 32.5 Å². The van der Waals surface area contributed by atoms with Crippen LogP contribution in [0, 0.1) is 0 Å². The number of rotatable bonds is 7. The van der Waals surface area contributed by atoms with Gasteiger partial charge in [-0.3, -0.25) is 9.59 Å². The van der Waals surface area contributed by atoms with E-state index in [1.807, 2.05) is 0 Å². The zero-order valence-electron chi connectivity index (χ0n) is 22.1. The minimum Gasteiger partial charge on any atom is -0.508 e. The fraction of sp³-hybridized carbons (Fsp3) is 0.462. The third-order valence-corrected chi connectivity index (χ3v) is 5.24. The van der Waals surface area contributed by atoms with Gasteiger partial charge in [0.1, 0.15) is 29.1 Å². The van der Waals surface area contributed by atoms with Crippen molar-refractivity contribution >= 4 is 11.8 Å². The lowest BCUT2D eigenvalue weighted by Gasteiger charge is -2.18. The maximum absolute atomic E-state index is 11.6. The van der Waals surface area contributed by atoms with E-state index in [1.165, 1.54) is 33.4 Å². The minimum absolute atomic E-state index is 0.0120. The lowest BCUT2D eigenvalue weighted by Crippen LogP contribution is -2.26. The highest BCUT2D eigenvalue weighted by atomic mass is 16.6. The predicted octanol–water partition coefficient (Wildman–Crippen LogP) is 2.76. The summed E-state index contributed by atoms with van der Waals surface area (Å²) >= 11 is 0. The van der Waals surface area contributed by atoms with E-state index >= 15 is 0 Å². The second-order valence-electron chi connectivity index (χ2n) is 8.09. The van der Waals surface area contributed by atoms with Crippen LogP contribution >= 0.6 is 0 Å². The molecule has 4 atom stereocenters. The Bertz CT molecular complexity index is 990. The van der Waals surface area contributed by atoms with Gasteiger partial charge < -0.3 is 39.8 Å². The van der Waals surface area contributed by atoms with Crippen LogP contribution < -0.4 is 24.8 Å². The molecule has 0 unspecified atom stereocenters. The number of aliphatic hydroxyl groups excluding tert-OH is 1. The summed E-state index contributed by atoms with van der Waals surface area (Å²) in [4.78, 5) is 22.7. The van der Waals surface area contributed by atoms with Crippen LogP contribution in [0.1, 0.15) is 48.4 Å². The summed E-state index contributed by atoms with van der Waals surface area (Å²) in [6.07, 6.45) is 0.138. The monoisotopic (exact) mass is 506 g/mol. The fourth-order valence-electron chi connectivity index (χ4n) is 2.62. The number of benzene rings is 2. The molecule has 10 nitrogen and oxygen atoms in total. The van der Waals surface area contributed by atoms with Gasteiger partial charge in [0.25, 0.3) is 11.8 Å². The van der Waals surface area contributed by atoms with Gasteiger partial charge in [-0.05, 0) is 52.0 Å². The number of epoxide rings is 1. The molecule has 200 valence electrons. The Balaban J connectivity index is 0.000000311. The molecule has 0 radical (unpaired) electrons. The first-order valence-electron chi connectivity index (χ1n) is 11.5. The van der Waals surface area contributed by atoms with Crippen LogP contribution in [0.15, 0.2) is 36.4 Å². The molecule has 1 heterocycles. The topological polar surface area (TPSA) is 139 Å². The lowest BCUT2D eigenvalue weighted by atomic mass is 10.2. The normalized spacial score (nSPS) is 17.0. The first kappa shape index (κ1) is 30.5.